The van der Waals surface area contributed by atoms with Crippen LogP contribution in [0.1, 0.15) is 6.92 Å². The first-order valence-electron chi connectivity index (χ1n) is 8.94. The van der Waals surface area contributed by atoms with Crippen molar-refractivity contribution in [1.29, 1.82) is 0 Å². The molecular formula is C20H36N2O4. The van der Waals surface area contributed by atoms with E-state index in [1.807, 2.05) is 9.80 Å². The van der Waals surface area contributed by atoms with Gasteiger partial charge in [-0.05, 0) is 6.92 Å². The van der Waals surface area contributed by atoms with Gasteiger partial charge >= 0.3 is 0 Å². The van der Waals surface area contributed by atoms with Crippen LogP contribution >= 0.6 is 0 Å². The average Bonchev–Trinajstić information content (AvgIpc) is 2.59. The van der Waals surface area contributed by atoms with Crippen molar-refractivity contribution < 1.29 is 19.7 Å². The molecule has 6 heteroatoms. The van der Waals surface area contributed by atoms with E-state index < -0.39 is 18.5 Å². The summed E-state index contributed by atoms with van der Waals surface area (Å²) in [6.07, 6.45) is 5.35. The molecule has 150 valence electrons. The molecule has 0 amide bonds. The zero-order valence-electron chi connectivity index (χ0n) is 16.1. The van der Waals surface area contributed by atoms with Gasteiger partial charge < -0.3 is 19.7 Å². The molecule has 0 saturated carbocycles. The van der Waals surface area contributed by atoms with Crippen molar-refractivity contribution in [2.24, 2.45) is 0 Å². The number of hydrogen-bond donors (Lipinski definition) is 2. The second kappa shape index (κ2) is 15.9. The average molecular weight is 369 g/mol. The lowest BCUT2D eigenvalue weighted by atomic mass is 10.3. The molecule has 0 aromatic rings. The lowest BCUT2D eigenvalue weighted by Gasteiger charge is -2.25. The molecule has 0 spiro atoms. The summed E-state index contributed by atoms with van der Waals surface area (Å²) in [6.45, 7) is 20.5. The lowest BCUT2D eigenvalue weighted by Crippen LogP contribution is -2.37. The maximum absolute atomic E-state index is 10.1. The first-order valence-corrected chi connectivity index (χ1v) is 8.94. The van der Waals surface area contributed by atoms with Crippen molar-refractivity contribution >= 4 is 0 Å². The zero-order chi connectivity index (χ0) is 19.8. The SMILES string of the molecule is C=CCN(CC=C)CC(O)COC(C)OCC(O)CN(CC=C)CC=C. The maximum atomic E-state index is 10.1. The molecule has 0 aliphatic rings. The second-order valence-corrected chi connectivity index (χ2v) is 6.13. The summed E-state index contributed by atoms with van der Waals surface area (Å²) in [7, 11) is 0. The number of hydrogen-bond acceptors (Lipinski definition) is 6. The Labute approximate surface area is 158 Å². The van der Waals surface area contributed by atoms with Gasteiger partial charge in [0.25, 0.3) is 0 Å². The Balaban J connectivity index is 4.07. The van der Waals surface area contributed by atoms with Crippen LogP contribution in [0.3, 0.4) is 0 Å². The molecule has 0 heterocycles. The minimum atomic E-state index is -0.637. The molecule has 0 aliphatic carbocycles. The quantitative estimate of drug-likeness (QED) is 0.282. The third-order valence-corrected chi connectivity index (χ3v) is 3.53. The van der Waals surface area contributed by atoms with E-state index in [-0.39, 0.29) is 13.2 Å². The number of ether oxygens (including phenoxy) is 2. The Morgan fingerprint density at radius 2 is 1.04 bits per heavy atom. The molecule has 2 atom stereocenters. The van der Waals surface area contributed by atoms with Crippen LogP contribution < -0.4 is 0 Å². The van der Waals surface area contributed by atoms with Crippen LogP contribution in [0.5, 0.6) is 0 Å². The largest absolute Gasteiger partial charge is 0.389 e. The minimum absolute atomic E-state index is 0.154. The predicted octanol–water partition coefficient (Wildman–Crippen LogP) is 1.44. The van der Waals surface area contributed by atoms with Crippen molar-refractivity contribution in [1.82, 2.24) is 9.80 Å². The van der Waals surface area contributed by atoms with E-state index in [9.17, 15) is 10.2 Å². The fourth-order valence-corrected chi connectivity index (χ4v) is 2.42. The summed E-state index contributed by atoms with van der Waals surface area (Å²) in [5.74, 6) is 0. The van der Waals surface area contributed by atoms with E-state index in [1.54, 1.807) is 31.2 Å². The molecule has 0 saturated heterocycles. The molecular weight excluding hydrogens is 332 g/mol. The summed E-state index contributed by atoms with van der Waals surface area (Å²) in [4.78, 5) is 4.02. The van der Waals surface area contributed by atoms with Crippen molar-refractivity contribution in [3.8, 4) is 0 Å². The van der Waals surface area contributed by atoms with Crippen LogP contribution in [0, 0.1) is 0 Å². The van der Waals surface area contributed by atoms with Gasteiger partial charge in [-0.1, -0.05) is 24.3 Å². The van der Waals surface area contributed by atoms with Crippen LogP contribution in [0.15, 0.2) is 50.6 Å². The van der Waals surface area contributed by atoms with E-state index in [0.717, 1.165) is 0 Å². The second-order valence-electron chi connectivity index (χ2n) is 6.13. The van der Waals surface area contributed by atoms with Gasteiger partial charge in [0.2, 0.25) is 0 Å². The van der Waals surface area contributed by atoms with E-state index in [2.05, 4.69) is 26.3 Å². The highest BCUT2D eigenvalue weighted by Crippen LogP contribution is 2.01. The lowest BCUT2D eigenvalue weighted by molar-refractivity contribution is -0.162. The summed E-state index contributed by atoms with van der Waals surface area (Å²) in [5.41, 5.74) is 0. The molecule has 0 bridgehead atoms. The molecule has 2 N–H and O–H groups in total. The molecule has 0 aliphatic heterocycles. The van der Waals surface area contributed by atoms with Crippen molar-refractivity contribution in [2.45, 2.75) is 25.4 Å². The molecule has 6 nitrogen and oxygen atoms in total. The Morgan fingerprint density at radius 1 is 0.731 bits per heavy atom. The molecule has 2 unspecified atom stereocenters. The number of rotatable bonds is 18. The monoisotopic (exact) mass is 368 g/mol. The van der Waals surface area contributed by atoms with Gasteiger partial charge in [-0.3, -0.25) is 9.80 Å². The van der Waals surface area contributed by atoms with E-state index in [0.29, 0.717) is 39.3 Å². The predicted molar refractivity (Wildman–Crippen MR) is 107 cm³/mol. The topological polar surface area (TPSA) is 65.4 Å². The normalized spacial score (nSPS) is 14.8. The first kappa shape index (κ1) is 24.7. The zero-order valence-corrected chi connectivity index (χ0v) is 16.1. The van der Waals surface area contributed by atoms with Crippen LogP contribution in [0.2, 0.25) is 0 Å². The van der Waals surface area contributed by atoms with Crippen LogP contribution in [0.25, 0.3) is 0 Å². The van der Waals surface area contributed by atoms with Gasteiger partial charge in [0.1, 0.15) is 0 Å². The highest BCUT2D eigenvalue weighted by Gasteiger charge is 2.15. The summed E-state index contributed by atoms with van der Waals surface area (Å²) >= 11 is 0. The molecule has 0 fully saturated rings. The fourth-order valence-electron chi connectivity index (χ4n) is 2.42. The Morgan fingerprint density at radius 3 is 1.31 bits per heavy atom. The van der Waals surface area contributed by atoms with Crippen LogP contribution in [-0.2, 0) is 9.47 Å². The highest BCUT2D eigenvalue weighted by molar-refractivity contribution is 4.82. The van der Waals surface area contributed by atoms with Crippen LogP contribution in [0.4, 0.5) is 0 Å². The first-order chi connectivity index (χ1) is 12.5. The molecule has 0 radical (unpaired) electrons. The summed E-state index contributed by atoms with van der Waals surface area (Å²) in [6, 6.07) is 0. The van der Waals surface area contributed by atoms with Gasteiger partial charge in [0.05, 0.1) is 25.4 Å². The third kappa shape index (κ3) is 13.0. The van der Waals surface area contributed by atoms with Crippen molar-refractivity contribution in [2.75, 3.05) is 52.5 Å². The van der Waals surface area contributed by atoms with Gasteiger partial charge in [-0.2, -0.15) is 0 Å². The third-order valence-electron chi connectivity index (χ3n) is 3.53. The van der Waals surface area contributed by atoms with Gasteiger partial charge in [-0.15, -0.1) is 26.3 Å². The van der Waals surface area contributed by atoms with E-state index in [4.69, 9.17) is 9.47 Å². The highest BCUT2D eigenvalue weighted by atomic mass is 16.7. The Kier molecular flexibility index (Phi) is 15.2. The van der Waals surface area contributed by atoms with Crippen LogP contribution in [-0.4, -0.2) is 91.0 Å². The van der Waals surface area contributed by atoms with Gasteiger partial charge in [0, 0.05) is 39.3 Å². The molecule has 0 aromatic carbocycles. The molecule has 0 aromatic heterocycles. The fraction of sp³-hybridized carbons (Fsp3) is 0.600. The molecule has 26 heavy (non-hydrogen) atoms. The minimum Gasteiger partial charge on any atom is -0.389 e. The molecule has 0 rings (SSSR count). The number of nitrogens with zero attached hydrogens (tertiary/aromatic N) is 2. The van der Waals surface area contributed by atoms with Crippen molar-refractivity contribution in [3.63, 3.8) is 0 Å². The van der Waals surface area contributed by atoms with E-state index in [1.165, 1.54) is 0 Å². The number of aliphatic hydroxyl groups is 2. The van der Waals surface area contributed by atoms with Gasteiger partial charge in [0.15, 0.2) is 6.29 Å². The van der Waals surface area contributed by atoms with E-state index >= 15 is 0 Å². The number of aliphatic hydroxyl groups excluding tert-OH is 2. The summed E-state index contributed by atoms with van der Waals surface area (Å²) in [5, 5.41) is 20.1. The standard InChI is InChI=1S/C20H36N2O4/c1-6-10-21(11-7-2)14-19(23)16-25-18(5)26-17-20(24)15-22(12-8-3)13-9-4/h6-9,18-20,23-24H,1-4,10-17H2,5H3. The maximum Gasteiger partial charge on any atom is 0.155 e. The Bertz CT molecular complexity index is 347. The smallest absolute Gasteiger partial charge is 0.155 e. The van der Waals surface area contributed by atoms with Gasteiger partial charge in [-0.25, -0.2) is 0 Å². The Hall–Kier alpha value is -1.28. The summed E-state index contributed by atoms with van der Waals surface area (Å²) < 4.78 is 11.0. The van der Waals surface area contributed by atoms with Crippen molar-refractivity contribution in [3.05, 3.63) is 50.6 Å².